The van der Waals surface area contributed by atoms with Crippen LogP contribution in [0, 0.1) is 17.8 Å². The monoisotopic (exact) mass is 790 g/mol. The van der Waals surface area contributed by atoms with Crippen LogP contribution >= 0.6 is 7.60 Å². The lowest BCUT2D eigenvalue weighted by atomic mass is 9.89. The average Bonchev–Trinajstić information content (AvgIpc) is 3.08. The van der Waals surface area contributed by atoms with Gasteiger partial charge in [-0.25, -0.2) is 0 Å². The fourth-order valence-electron chi connectivity index (χ4n) is 6.54. The van der Waals surface area contributed by atoms with Crippen molar-refractivity contribution < 1.29 is 82.5 Å². The summed E-state index contributed by atoms with van der Waals surface area (Å²) in [7, 11) is -3.56. The van der Waals surface area contributed by atoms with E-state index in [1.165, 1.54) is 0 Å². The molecule has 0 amide bonds. The van der Waals surface area contributed by atoms with Crippen LogP contribution in [0.4, 0.5) is 0 Å². The molecule has 16 atom stereocenters. The molecule has 3 aliphatic heterocycles. The first kappa shape index (κ1) is 47.0. The van der Waals surface area contributed by atoms with Gasteiger partial charge in [-0.3, -0.25) is 4.57 Å². The van der Waals surface area contributed by atoms with Gasteiger partial charge < -0.3 is 78.0 Å². The molecule has 314 valence electrons. The molecule has 18 heteroatoms. The number of aliphatic hydroxyl groups excluding tert-OH is 6. The quantitative estimate of drug-likeness (QED) is 0.0631. The van der Waals surface area contributed by atoms with E-state index in [0.29, 0.717) is 26.1 Å². The molecule has 0 aliphatic carbocycles. The Morgan fingerprint density at radius 1 is 0.623 bits per heavy atom. The van der Waals surface area contributed by atoms with Crippen molar-refractivity contribution in [3.8, 4) is 0 Å². The van der Waals surface area contributed by atoms with Crippen molar-refractivity contribution in [2.75, 3.05) is 52.9 Å². The highest BCUT2D eigenvalue weighted by atomic mass is 31.2. The van der Waals surface area contributed by atoms with Gasteiger partial charge in [0.2, 0.25) is 0 Å². The van der Waals surface area contributed by atoms with E-state index < -0.39 is 112 Å². The normalized spacial score (nSPS) is 39.5. The van der Waals surface area contributed by atoms with Crippen LogP contribution in [0.25, 0.3) is 0 Å². The number of hydrogen-bond acceptors (Lipinski definition) is 16. The van der Waals surface area contributed by atoms with Gasteiger partial charge in [0.05, 0.1) is 50.3 Å². The molecule has 3 saturated heterocycles. The molecule has 17 nitrogen and oxygen atoms in total. The maximum atomic E-state index is 11.3. The molecule has 7 N–H and O–H groups in total. The summed E-state index contributed by atoms with van der Waals surface area (Å²) in [5.41, 5.74) is -0.199. The Morgan fingerprint density at radius 3 is 1.68 bits per heavy atom. The minimum Gasteiger partial charge on any atom is -0.394 e. The van der Waals surface area contributed by atoms with E-state index in [0.717, 1.165) is 25.9 Å². The first-order chi connectivity index (χ1) is 24.9. The highest BCUT2D eigenvalue weighted by molar-refractivity contribution is 7.51. The van der Waals surface area contributed by atoms with Crippen molar-refractivity contribution >= 4 is 7.60 Å². The Balaban J connectivity index is 1.61. The third-order valence-electron chi connectivity index (χ3n) is 9.80. The van der Waals surface area contributed by atoms with Gasteiger partial charge in [-0.1, -0.05) is 20.8 Å². The number of unbranched alkanes of at least 4 members (excludes halogenated alkanes) is 3. The van der Waals surface area contributed by atoms with Crippen LogP contribution in [0.5, 0.6) is 0 Å². The third kappa shape index (κ3) is 14.5. The number of ether oxygens (including phenoxy) is 8. The molecule has 3 rings (SSSR count). The Bertz CT molecular complexity index is 1080. The molecule has 16 unspecified atom stereocenters. The number of hydrogen-bond donors (Lipinski definition) is 7. The zero-order chi connectivity index (χ0) is 39.5. The van der Waals surface area contributed by atoms with Crippen LogP contribution in [-0.2, 0) is 47.0 Å². The number of rotatable bonds is 21. The van der Waals surface area contributed by atoms with Gasteiger partial charge in [-0.15, -0.1) is 0 Å². The summed E-state index contributed by atoms with van der Waals surface area (Å²) in [4.78, 5) is 9.22. The van der Waals surface area contributed by atoms with E-state index in [2.05, 4.69) is 0 Å². The lowest BCUT2D eigenvalue weighted by Crippen LogP contribution is -2.63. The zero-order valence-corrected chi connectivity index (χ0v) is 33.2. The van der Waals surface area contributed by atoms with Gasteiger partial charge >= 0.3 is 7.60 Å². The van der Waals surface area contributed by atoms with Gasteiger partial charge in [0.25, 0.3) is 0 Å². The predicted octanol–water partition coefficient (Wildman–Crippen LogP) is 0.899. The first-order valence-corrected chi connectivity index (χ1v) is 20.9. The largest absolute Gasteiger partial charge is 0.394 e. The molecule has 0 aromatic carbocycles. The van der Waals surface area contributed by atoms with E-state index in [1.807, 2.05) is 20.8 Å². The van der Waals surface area contributed by atoms with E-state index in [4.69, 9.17) is 42.4 Å². The SMILES string of the molecule is CC1C(OC2C(C)C(OC3C(C)C(OCCCCCOC(C)(C)C)OC(CO)C3O)OC(CO)C2O)OC(COCCCCOP(C)(=O)O)C(O)C1O. The summed E-state index contributed by atoms with van der Waals surface area (Å²) in [5.74, 6) is -1.95. The van der Waals surface area contributed by atoms with Crippen LogP contribution in [0.2, 0.25) is 0 Å². The first-order valence-electron chi connectivity index (χ1n) is 18.9. The molecule has 53 heavy (non-hydrogen) atoms. The molecule has 0 aromatic heterocycles. The third-order valence-corrected chi connectivity index (χ3v) is 10.5. The topological polar surface area (TPSA) is 242 Å². The van der Waals surface area contributed by atoms with E-state index in [-0.39, 0.29) is 25.4 Å². The minimum absolute atomic E-state index is 0.0881. The van der Waals surface area contributed by atoms with Gasteiger partial charge in [0.15, 0.2) is 18.9 Å². The molecule has 0 aromatic rings. The molecule has 3 aliphatic rings. The molecule has 3 fully saturated rings. The van der Waals surface area contributed by atoms with Gasteiger partial charge in [0, 0.05) is 44.2 Å². The van der Waals surface area contributed by atoms with Gasteiger partial charge in [0.1, 0.15) is 36.6 Å². The number of aliphatic hydroxyl groups is 6. The molecule has 0 spiro atoms. The summed E-state index contributed by atoms with van der Waals surface area (Å²) in [6, 6.07) is 0. The molecule has 0 radical (unpaired) electrons. The van der Waals surface area contributed by atoms with Crippen molar-refractivity contribution in [3.63, 3.8) is 0 Å². The van der Waals surface area contributed by atoms with Crippen LogP contribution in [0.1, 0.15) is 73.6 Å². The van der Waals surface area contributed by atoms with Gasteiger partial charge in [-0.05, 0) is 52.9 Å². The Hall–Kier alpha value is -0.410. The average molecular weight is 791 g/mol. The molecular weight excluding hydrogens is 723 g/mol. The second-order valence-electron chi connectivity index (χ2n) is 15.5. The smallest absolute Gasteiger partial charge is 0.325 e. The summed E-state index contributed by atoms with van der Waals surface area (Å²) in [5, 5.41) is 64.2. The van der Waals surface area contributed by atoms with Crippen LogP contribution in [-0.4, -0.2) is 168 Å². The summed E-state index contributed by atoms with van der Waals surface area (Å²) in [6.45, 7) is 12.5. The standard InChI is InChI=1S/C35H67O17P/c1-20-26(38)27(39)25(19-44-13-11-12-16-47-53(7,42)43)50-33(20)51-31-22(3)34(49-24(18-37)29(31)41)52-30-21(2)32(48-23(17-36)28(30)40)45-14-9-8-10-15-46-35(4,5)6/h20-34,36-41H,8-19H2,1-7H3,(H,42,43). The lowest BCUT2D eigenvalue weighted by Gasteiger charge is -2.49. The highest BCUT2D eigenvalue weighted by Gasteiger charge is 2.52. The maximum Gasteiger partial charge on any atom is 0.325 e. The highest BCUT2D eigenvalue weighted by Crippen LogP contribution is 2.38. The van der Waals surface area contributed by atoms with Gasteiger partial charge in [-0.2, -0.15) is 0 Å². The van der Waals surface area contributed by atoms with Crippen LogP contribution in [0.15, 0.2) is 0 Å². The molecular formula is C35H67O17P. The van der Waals surface area contributed by atoms with E-state index in [9.17, 15) is 40.1 Å². The Morgan fingerprint density at radius 2 is 1.11 bits per heavy atom. The fraction of sp³-hybridized carbons (Fsp3) is 1.00. The minimum atomic E-state index is -3.56. The zero-order valence-electron chi connectivity index (χ0n) is 32.3. The molecule has 0 bridgehead atoms. The van der Waals surface area contributed by atoms with Crippen molar-refractivity contribution in [2.45, 2.75) is 153 Å². The molecule has 0 saturated carbocycles. The lowest BCUT2D eigenvalue weighted by molar-refractivity contribution is -0.364. The van der Waals surface area contributed by atoms with Crippen LogP contribution < -0.4 is 0 Å². The Kier molecular flexibility index (Phi) is 19.4. The summed E-state index contributed by atoms with van der Waals surface area (Å²) < 4.78 is 64.2. The molecule has 3 heterocycles. The van der Waals surface area contributed by atoms with Crippen molar-refractivity contribution in [2.24, 2.45) is 17.8 Å². The summed E-state index contributed by atoms with van der Waals surface area (Å²) >= 11 is 0. The van der Waals surface area contributed by atoms with Crippen molar-refractivity contribution in [1.82, 2.24) is 0 Å². The second kappa shape index (κ2) is 21.9. The fourth-order valence-corrected chi connectivity index (χ4v) is 7.00. The predicted molar refractivity (Wildman–Crippen MR) is 189 cm³/mol. The van der Waals surface area contributed by atoms with E-state index >= 15 is 0 Å². The van der Waals surface area contributed by atoms with E-state index in [1.54, 1.807) is 20.8 Å². The maximum absolute atomic E-state index is 11.3. The summed E-state index contributed by atoms with van der Waals surface area (Å²) in [6.07, 6.45) is -9.76. The van der Waals surface area contributed by atoms with Crippen LogP contribution in [0.3, 0.4) is 0 Å². The Labute approximate surface area is 313 Å². The van der Waals surface area contributed by atoms with Crippen molar-refractivity contribution in [1.29, 1.82) is 0 Å². The van der Waals surface area contributed by atoms with Crippen molar-refractivity contribution in [3.05, 3.63) is 0 Å². The second-order valence-corrected chi connectivity index (χ2v) is 17.4.